The molecular formula is C25H30N2O2. The van der Waals surface area contributed by atoms with Crippen molar-refractivity contribution in [2.75, 3.05) is 13.1 Å². The minimum Gasteiger partial charge on any atom is -0.349 e. The number of rotatable bonds is 4. The first kappa shape index (κ1) is 20.8. The van der Waals surface area contributed by atoms with E-state index in [-0.39, 0.29) is 23.3 Å². The molecule has 2 amide bonds. The highest BCUT2D eigenvalue weighted by atomic mass is 16.2. The van der Waals surface area contributed by atoms with Crippen LogP contribution in [0, 0.1) is 0 Å². The summed E-state index contributed by atoms with van der Waals surface area (Å²) in [6.45, 7) is 7.79. The second kappa shape index (κ2) is 9.08. The molecule has 0 bridgehead atoms. The van der Waals surface area contributed by atoms with Crippen molar-refractivity contribution in [3.8, 4) is 0 Å². The summed E-state index contributed by atoms with van der Waals surface area (Å²) in [4.78, 5) is 26.8. The Kier molecular flexibility index (Phi) is 6.53. The minimum atomic E-state index is -0.0424. The lowest BCUT2D eigenvalue weighted by Crippen LogP contribution is -2.46. The van der Waals surface area contributed by atoms with Crippen molar-refractivity contribution in [3.63, 3.8) is 0 Å². The maximum atomic E-state index is 12.5. The summed E-state index contributed by atoms with van der Waals surface area (Å²) >= 11 is 0. The average Bonchev–Trinajstić information content (AvgIpc) is 2.73. The van der Waals surface area contributed by atoms with Crippen LogP contribution in [0.25, 0.3) is 6.08 Å². The first-order valence-electron chi connectivity index (χ1n) is 10.3. The monoisotopic (exact) mass is 390 g/mol. The van der Waals surface area contributed by atoms with Gasteiger partial charge in [0.25, 0.3) is 5.91 Å². The first-order chi connectivity index (χ1) is 13.8. The van der Waals surface area contributed by atoms with E-state index in [0.29, 0.717) is 18.7 Å². The van der Waals surface area contributed by atoms with Gasteiger partial charge in [0.05, 0.1) is 0 Å². The number of likely N-dealkylation sites (tertiary alicyclic amines) is 1. The van der Waals surface area contributed by atoms with Gasteiger partial charge in [-0.05, 0) is 47.6 Å². The smallest absolute Gasteiger partial charge is 0.251 e. The predicted molar refractivity (Wildman–Crippen MR) is 118 cm³/mol. The molecule has 0 unspecified atom stereocenters. The first-order valence-corrected chi connectivity index (χ1v) is 10.3. The van der Waals surface area contributed by atoms with Crippen LogP contribution in [0.4, 0.5) is 0 Å². The molecule has 0 radical (unpaired) electrons. The summed E-state index contributed by atoms with van der Waals surface area (Å²) < 4.78 is 0. The van der Waals surface area contributed by atoms with Gasteiger partial charge in [0.15, 0.2) is 0 Å². The average molecular weight is 391 g/mol. The van der Waals surface area contributed by atoms with Crippen LogP contribution in [0.1, 0.15) is 55.1 Å². The van der Waals surface area contributed by atoms with E-state index in [2.05, 4.69) is 26.1 Å². The van der Waals surface area contributed by atoms with E-state index in [1.165, 1.54) is 5.56 Å². The van der Waals surface area contributed by atoms with E-state index in [1.54, 1.807) is 6.08 Å². The molecule has 29 heavy (non-hydrogen) atoms. The number of carbonyl (C=O) groups excluding carboxylic acids is 2. The second-order valence-electron chi connectivity index (χ2n) is 8.64. The largest absolute Gasteiger partial charge is 0.349 e. The third kappa shape index (κ3) is 5.80. The number of carbonyl (C=O) groups is 2. The molecule has 1 aliphatic rings. The molecule has 2 aromatic carbocycles. The van der Waals surface area contributed by atoms with Crippen molar-refractivity contribution >= 4 is 17.9 Å². The minimum absolute atomic E-state index is 0.0244. The zero-order valence-corrected chi connectivity index (χ0v) is 17.5. The lowest BCUT2D eigenvalue weighted by atomic mass is 9.86. The van der Waals surface area contributed by atoms with Gasteiger partial charge in [0.1, 0.15) is 0 Å². The van der Waals surface area contributed by atoms with Crippen LogP contribution >= 0.6 is 0 Å². The molecule has 0 aromatic heterocycles. The van der Waals surface area contributed by atoms with E-state index < -0.39 is 0 Å². The van der Waals surface area contributed by atoms with Gasteiger partial charge in [0, 0.05) is 30.8 Å². The summed E-state index contributed by atoms with van der Waals surface area (Å²) in [5, 5.41) is 3.12. The number of piperidine rings is 1. The van der Waals surface area contributed by atoms with Crippen LogP contribution < -0.4 is 5.32 Å². The predicted octanol–water partition coefficient (Wildman–Crippen LogP) is 4.42. The molecule has 0 spiro atoms. The lowest BCUT2D eigenvalue weighted by Gasteiger charge is -2.31. The zero-order valence-electron chi connectivity index (χ0n) is 17.5. The molecule has 1 saturated heterocycles. The van der Waals surface area contributed by atoms with Gasteiger partial charge in [-0.25, -0.2) is 0 Å². The third-order valence-electron chi connectivity index (χ3n) is 5.37. The van der Waals surface area contributed by atoms with Crippen molar-refractivity contribution in [1.82, 2.24) is 10.2 Å². The molecule has 0 aliphatic carbocycles. The maximum Gasteiger partial charge on any atom is 0.251 e. The van der Waals surface area contributed by atoms with Crippen molar-refractivity contribution < 1.29 is 9.59 Å². The van der Waals surface area contributed by atoms with Crippen LogP contribution in [0.3, 0.4) is 0 Å². The quantitative estimate of drug-likeness (QED) is 0.786. The Hall–Kier alpha value is -2.88. The van der Waals surface area contributed by atoms with Gasteiger partial charge in [-0.3, -0.25) is 9.59 Å². The van der Waals surface area contributed by atoms with E-state index >= 15 is 0 Å². The van der Waals surface area contributed by atoms with Gasteiger partial charge in [-0.1, -0.05) is 63.2 Å². The highest BCUT2D eigenvalue weighted by Gasteiger charge is 2.23. The lowest BCUT2D eigenvalue weighted by molar-refractivity contribution is -0.126. The molecule has 1 N–H and O–H groups in total. The van der Waals surface area contributed by atoms with Gasteiger partial charge >= 0.3 is 0 Å². The highest BCUT2D eigenvalue weighted by molar-refractivity contribution is 5.94. The maximum absolute atomic E-state index is 12.5. The highest BCUT2D eigenvalue weighted by Crippen LogP contribution is 2.22. The Morgan fingerprint density at radius 2 is 1.59 bits per heavy atom. The summed E-state index contributed by atoms with van der Waals surface area (Å²) in [5.41, 5.74) is 2.98. The number of benzene rings is 2. The molecular weight excluding hydrogens is 360 g/mol. The van der Waals surface area contributed by atoms with Crippen molar-refractivity contribution in [2.45, 2.75) is 45.1 Å². The Balaban J connectivity index is 1.48. The summed E-state index contributed by atoms with van der Waals surface area (Å²) in [6, 6.07) is 17.7. The number of amides is 2. The molecule has 3 rings (SSSR count). The third-order valence-corrected chi connectivity index (χ3v) is 5.37. The van der Waals surface area contributed by atoms with Gasteiger partial charge in [0.2, 0.25) is 5.91 Å². The topological polar surface area (TPSA) is 49.4 Å². The molecule has 4 nitrogen and oxygen atoms in total. The molecule has 0 atom stereocenters. The zero-order chi connectivity index (χ0) is 20.9. The van der Waals surface area contributed by atoms with Gasteiger partial charge < -0.3 is 10.2 Å². The number of hydrogen-bond acceptors (Lipinski definition) is 2. The summed E-state index contributed by atoms with van der Waals surface area (Å²) in [7, 11) is 0. The fourth-order valence-corrected chi connectivity index (χ4v) is 3.47. The number of nitrogens with one attached hydrogen (secondary N) is 1. The normalized spacial score (nSPS) is 15.5. The Bertz CT molecular complexity index is 856. The molecule has 4 heteroatoms. The molecule has 2 aromatic rings. The van der Waals surface area contributed by atoms with Gasteiger partial charge in [-0.15, -0.1) is 0 Å². The molecule has 152 valence electrons. The molecule has 0 saturated carbocycles. The molecule has 1 aliphatic heterocycles. The van der Waals surface area contributed by atoms with E-state index in [4.69, 9.17) is 0 Å². The summed E-state index contributed by atoms with van der Waals surface area (Å²) in [6.07, 6.45) is 5.02. The van der Waals surface area contributed by atoms with Crippen LogP contribution in [0.15, 0.2) is 60.7 Å². The van der Waals surface area contributed by atoms with E-state index in [1.807, 2.05) is 65.6 Å². The summed E-state index contributed by atoms with van der Waals surface area (Å²) in [5.74, 6) is -0.0180. The van der Waals surface area contributed by atoms with Crippen LogP contribution in [-0.4, -0.2) is 35.8 Å². The van der Waals surface area contributed by atoms with Crippen molar-refractivity contribution in [1.29, 1.82) is 0 Å². The number of nitrogens with zero attached hydrogens (tertiary/aromatic N) is 1. The van der Waals surface area contributed by atoms with Gasteiger partial charge in [-0.2, -0.15) is 0 Å². The number of hydrogen-bond donors (Lipinski definition) is 1. The fourth-order valence-electron chi connectivity index (χ4n) is 3.47. The second-order valence-corrected chi connectivity index (χ2v) is 8.64. The Morgan fingerprint density at radius 3 is 2.17 bits per heavy atom. The molecule has 1 heterocycles. The molecule has 1 fully saturated rings. The fraction of sp³-hybridized carbons (Fsp3) is 0.360. The Morgan fingerprint density at radius 1 is 0.966 bits per heavy atom. The van der Waals surface area contributed by atoms with E-state index in [9.17, 15) is 9.59 Å². The SMILES string of the molecule is CC(C)(C)c1ccc(C(=O)NC2CCN(C(=O)/C=C/c3ccccc3)CC2)cc1. The van der Waals surface area contributed by atoms with Crippen LogP contribution in [0.5, 0.6) is 0 Å². The van der Waals surface area contributed by atoms with Crippen molar-refractivity contribution in [2.24, 2.45) is 0 Å². The van der Waals surface area contributed by atoms with E-state index in [0.717, 1.165) is 18.4 Å². The van der Waals surface area contributed by atoms with Crippen LogP contribution in [-0.2, 0) is 10.2 Å². The van der Waals surface area contributed by atoms with Crippen molar-refractivity contribution in [3.05, 3.63) is 77.4 Å². The Labute approximate surface area is 173 Å². The van der Waals surface area contributed by atoms with Crippen LogP contribution in [0.2, 0.25) is 0 Å². The standard InChI is InChI=1S/C25H30N2O2/c1-25(2,3)21-12-10-20(11-13-21)24(29)26-22-15-17-27(18-16-22)23(28)14-9-19-7-5-4-6-8-19/h4-14,22H,15-18H2,1-3H3,(H,26,29)/b14-9+.